The highest BCUT2D eigenvalue weighted by Crippen LogP contribution is 2.34. The quantitative estimate of drug-likeness (QED) is 0.0246. The van der Waals surface area contributed by atoms with Crippen LogP contribution in [0.3, 0.4) is 0 Å². The van der Waals surface area contributed by atoms with E-state index >= 15 is 38.4 Å². The number of aromatic carboxylic acids is 1. The Kier molecular flexibility index (Phi) is 47.6. The summed E-state index contributed by atoms with van der Waals surface area (Å²) in [4.78, 5) is 290. The number of aliphatic carboxylic acids is 2. The number of primary amides is 2. The zero-order valence-electron chi connectivity index (χ0n) is 84.3. The average molecular weight is 2080 g/mol. The molecule has 1 heterocycles. The van der Waals surface area contributed by atoms with E-state index in [0.717, 1.165) is 47.1 Å². The number of carbonyl (C=O) groups excluding carboxylic acids is 17. The van der Waals surface area contributed by atoms with Crippen molar-refractivity contribution < 1.29 is 116 Å². The first kappa shape index (κ1) is 119. The maximum Gasteiger partial charge on any atom is 0.341 e. The Morgan fingerprint density at radius 1 is 0.459 bits per heavy atom. The Hall–Kier alpha value is -14.5. The Bertz CT molecular complexity index is 5440. The molecule has 15 atom stereocenters. The first-order valence-corrected chi connectivity index (χ1v) is 51.0. The molecule has 27 N–H and O–H groups in total. The highest BCUT2D eigenvalue weighted by Gasteiger charge is 2.42. The van der Waals surface area contributed by atoms with Crippen molar-refractivity contribution in [2.75, 3.05) is 44.8 Å². The Morgan fingerprint density at radius 3 is 1.44 bits per heavy atom. The molecule has 45 heteroatoms. The number of thioether (sulfide) groups is 1. The first-order chi connectivity index (χ1) is 70.4. The summed E-state index contributed by atoms with van der Waals surface area (Å²) in [6, 6.07) is 8.63. The van der Waals surface area contributed by atoms with Crippen LogP contribution in [-0.4, -0.2) is 274 Å². The van der Waals surface area contributed by atoms with Gasteiger partial charge in [0.25, 0.3) is 0 Å². The molecule has 0 unspecified atom stereocenters. The monoisotopic (exact) mass is 2080 g/mol. The molecule has 0 aromatic heterocycles. The van der Waals surface area contributed by atoms with E-state index in [1.54, 1.807) is 83.1 Å². The molecule has 0 spiro atoms. The van der Waals surface area contributed by atoms with Crippen molar-refractivity contribution in [2.24, 2.45) is 52.3 Å². The number of nitrogens with one attached hydrogen (secondary N) is 14. The SMILES string of the molecule is Cc1cccc(C[C@@H]2NC(=O)[C@H](CC(=O)O)NC(=O)[C@H](Cc3ccc(OCC(=O)O)cc3)NC(=O)[C@H](CC3CC3)NC(=O)CSC[C@@H](C(=O)N[C@@H](CCN)C(N)=O)NC(=O)[C@H](CCCN)NC(=O)[C@H](C(C)C)NC(=O)[C@H](CC3CCCCC3)NC(=O)[C@H](CCN)NC(=O)[C@@H](CC(C)C)NC(=O)[C@H](C)N(C)C(=O)[C@H](CCC(N)=O)NC(=O)[C@H](Cc3ccc(-c4ccccc4)cc3)NC(=O)[C@H](Cc3ccc(C(=O)O)cc3)NC2=O)c1. The highest BCUT2D eigenvalue weighted by atomic mass is 32.2. The van der Waals surface area contributed by atoms with Crippen LogP contribution in [0.15, 0.2) is 127 Å². The van der Waals surface area contributed by atoms with Gasteiger partial charge in [-0.3, -0.25) is 86.3 Å². The smallest absolute Gasteiger partial charge is 0.341 e. The molecule has 8 rings (SSSR count). The van der Waals surface area contributed by atoms with Crippen molar-refractivity contribution in [2.45, 2.75) is 267 Å². The van der Waals surface area contributed by atoms with E-state index in [9.17, 15) is 72.9 Å². The van der Waals surface area contributed by atoms with Crippen LogP contribution in [0.25, 0.3) is 11.1 Å². The topological polar surface area (TPSA) is 713 Å². The van der Waals surface area contributed by atoms with Crippen molar-refractivity contribution in [1.82, 2.24) is 79.3 Å². The minimum atomic E-state index is -2.14. The maximum atomic E-state index is 15.8. The molecule has 1 saturated heterocycles. The predicted molar refractivity (Wildman–Crippen MR) is 546 cm³/mol. The van der Waals surface area contributed by atoms with Gasteiger partial charge in [0.15, 0.2) is 6.61 Å². The third-order valence-electron chi connectivity index (χ3n) is 25.7. The van der Waals surface area contributed by atoms with Crippen LogP contribution in [-0.2, 0) is 117 Å². The number of nitrogens with two attached hydrogens (primary N) is 5. The molecule has 2 saturated carbocycles. The predicted octanol–water partition coefficient (Wildman–Crippen LogP) is -0.390. The van der Waals surface area contributed by atoms with E-state index in [-0.39, 0.29) is 105 Å². The number of carboxylic acids is 3. The molecule has 5 aromatic rings. The van der Waals surface area contributed by atoms with E-state index in [1.807, 2.05) is 30.3 Å². The summed E-state index contributed by atoms with van der Waals surface area (Å²) in [7, 11) is 1.20. The molecular formula is C103H142N20O24S. The van der Waals surface area contributed by atoms with E-state index in [0.29, 0.717) is 42.4 Å². The number of carbonyl (C=O) groups is 20. The summed E-state index contributed by atoms with van der Waals surface area (Å²) < 4.78 is 5.34. The number of benzene rings is 5. The van der Waals surface area contributed by atoms with E-state index < -0.39 is 278 Å². The lowest BCUT2D eigenvalue weighted by molar-refractivity contribution is -0.143. The molecule has 0 bridgehead atoms. The fourth-order valence-corrected chi connectivity index (χ4v) is 18.0. The van der Waals surface area contributed by atoms with Gasteiger partial charge in [-0.05, 0) is 166 Å². The molecule has 0 radical (unpaired) electrons. The molecule has 2 aliphatic carbocycles. The fraction of sp³-hybridized carbons (Fsp3) is 0.515. The third-order valence-corrected chi connectivity index (χ3v) is 26.7. The zero-order chi connectivity index (χ0) is 109. The van der Waals surface area contributed by atoms with Gasteiger partial charge in [0.1, 0.15) is 96.4 Å². The average Bonchev–Trinajstić information content (AvgIpc) is 1.10. The van der Waals surface area contributed by atoms with Crippen LogP contribution in [0.5, 0.6) is 5.75 Å². The van der Waals surface area contributed by atoms with Gasteiger partial charge in [-0.2, -0.15) is 0 Å². The number of likely N-dealkylation sites (N-methyl/N-ethyl adjacent to an activating group) is 1. The molecule has 3 fully saturated rings. The number of rotatable bonds is 35. The molecule has 3 aliphatic rings. The van der Waals surface area contributed by atoms with Gasteiger partial charge in [-0.25, -0.2) is 9.59 Å². The highest BCUT2D eigenvalue weighted by molar-refractivity contribution is 8.00. The minimum Gasteiger partial charge on any atom is -0.482 e. The molecule has 1 aliphatic heterocycles. The minimum absolute atomic E-state index is 0.0243. The Balaban J connectivity index is 1.24. The number of aryl methyl sites for hydroxylation is 1. The van der Waals surface area contributed by atoms with Crippen LogP contribution < -0.4 is 108 Å². The summed E-state index contributed by atoms with van der Waals surface area (Å²) >= 11 is 0.755. The second-order valence-electron chi connectivity index (χ2n) is 38.6. The van der Waals surface area contributed by atoms with Crippen molar-refractivity contribution in [3.8, 4) is 16.9 Å². The number of nitrogens with zero attached hydrogens (tertiary/aromatic N) is 1. The standard InChI is InChI=1S/C103H142N20O24S/c1-56(2)44-74-92(134)111-72(40-43-106)91(133)115-79(46-60-17-10-8-11-18-60)99(141)122-87(57(3)4)101(143)112-71(22-15-41-104)90(132)121-82(100(142)110-70(39-42-105)88(108)130)54-148-55-84(125)109-75(47-61-23-24-61)93(135)116-78(50-64-29-35-69(36-30-64)147-53-86(128)129)96(138)120-81(52-85(126)127)98(140)119-80(51-65-19-14-16-58(5)45-65)97(139)118-77(49-63-27-33-68(34-28-63)103(145)146)95(137)117-76(48-62-25-31-67(32-26-62)66-20-12-9-13-21-66)94(136)113-73(37-38-83(107)124)102(144)123(7)59(6)89(131)114-74/h9,12-14,16,19-21,25-36,45,56-57,59-61,70-82,87H,8,10-11,15,17-18,22-24,37-44,46-55,104-106H2,1-7H3,(H2,107,124)(H2,108,130)(H,109,125)(H,110,142)(H,111,134)(H,112,143)(H,113,136)(H,114,131)(H,115,133)(H,116,135)(H,117,137)(H,118,139)(H,119,140)(H,120,138)(H,121,132)(H,122,141)(H,126,127)(H,128,129)(H,145,146)/t59-,70-,71-,72-,73-,74+,75-,76-,77-,78-,79-,80-,81-,82-,87-/m0/s1. The van der Waals surface area contributed by atoms with E-state index in [4.69, 9.17) is 33.4 Å². The van der Waals surface area contributed by atoms with Gasteiger partial charge in [0.2, 0.25) is 100 Å². The summed E-state index contributed by atoms with van der Waals surface area (Å²) in [6.45, 7) is 8.55. The van der Waals surface area contributed by atoms with Gasteiger partial charge in [-0.15, -0.1) is 11.8 Å². The second kappa shape index (κ2) is 59.4. The largest absolute Gasteiger partial charge is 0.482 e. The van der Waals surface area contributed by atoms with Crippen LogP contribution in [0.4, 0.5) is 0 Å². The van der Waals surface area contributed by atoms with Gasteiger partial charge in [-0.1, -0.05) is 181 Å². The zero-order valence-corrected chi connectivity index (χ0v) is 85.2. The first-order valence-electron chi connectivity index (χ1n) is 49.8. The number of amides is 17. The van der Waals surface area contributed by atoms with Crippen molar-refractivity contribution in [3.63, 3.8) is 0 Å². The molecule has 148 heavy (non-hydrogen) atoms. The maximum absolute atomic E-state index is 15.8. The second-order valence-corrected chi connectivity index (χ2v) is 39.6. The van der Waals surface area contributed by atoms with E-state index in [2.05, 4.69) is 74.4 Å². The normalized spacial score (nSPS) is 23.4. The van der Waals surface area contributed by atoms with E-state index in [1.165, 1.54) is 62.5 Å². The van der Waals surface area contributed by atoms with Crippen molar-refractivity contribution >= 4 is 130 Å². The van der Waals surface area contributed by atoms with Crippen molar-refractivity contribution in [3.05, 3.63) is 161 Å². The van der Waals surface area contributed by atoms with Crippen LogP contribution in [0, 0.1) is 30.6 Å². The van der Waals surface area contributed by atoms with Crippen LogP contribution in [0.2, 0.25) is 0 Å². The van der Waals surface area contributed by atoms with Crippen molar-refractivity contribution in [1.29, 1.82) is 0 Å². The summed E-state index contributed by atoms with van der Waals surface area (Å²) in [5.41, 5.74) is 32.6. The number of hydrogen-bond acceptors (Lipinski definition) is 25. The Labute approximate surface area is 862 Å². The molecule has 804 valence electrons. The molecule has 17 amide bonds. The summed E-state index contributed by atoms with van der Waals surface area (Å²) in [5, 5.41) is 67.2. The molecule has 5 aromatic carbocycles. The van der Waals surface area contributed by atoms with Crippen LogP contribution >= 0.6 is 11.8 Å². The summed E-state index contributed by atoms with van der Waals surface area (Å²) in [6.07, 6.45) is 0.301. The van der Waals surface area contributed by atoms with Crippen LogP contribution in [0.1, 0.15) is 182 Å². The van der Waals surface area contributed by atoms with Gasteiger partial charge in [0, 0.05) is 44.9 Å². The van der Waals surface area contributed by atoms with Gasteiger partial charge < -0.3 is 128 Å². The molecular weight excluding hydrogens is 1930 g/mol. The summed E-state index contributed by atoms with van der Waals surface area (Å²) in [5.74, 6) is -23.9. The number of carboxylic acid groups (broad SMARTS) is 3. The Morgan fingerprint density at radius 2 is 0.926 bits per heavy atom. The lowest BCUT2D eigenvalue weighted by Crippen LogP contribution is -2.62. The fourth-order valence-electron chi connectivity index (χ4n) is 17.1. The van der Waals surface area contributed by atoms with Gasteiger partial charge >= 0.3 is 17.9 Å². The lowest BCUT2D eigenvalue weighted by atomic mass is 9.84. The van der Waals surface area contributed by atoms with Gasteiger partial charge in [0.05, 0.1) is 17.7 Å². The number of hydrogen-bond donors (Lipinski definition) is 22. The lowest BCUT2D eigenvalue weighted by Gasteiger charge is -2.32. The molecule has 44 nitrogen and oxygen atoms in total. The third kappa shape index (κ3) is 39.4. The number of ether oxygens (including phenoxy) is 1.